The van der Waals surface area contributed by atoms with Crippen LogP contribution in [0.5, 0.6) is 0 Å². The standard InChI is InChI=1S/C9H13N2O2/c1-8(2)9(13)11-5-3-10(7-12)4-6-11/h1,3-6H2,2H3. The van der Waals surface area contributed by atoms with E-state index in [0.29, 0.717) is 31.8 Å². The van der Waals surface area contributed by atoms with Crippen molar-refractivity contribution in [2.24, 2.45) is 0 Å². The van der Waals surface area contributed by atoms with E-state index in [-0.39, 0.29) is 5.91 Å². The fourth-order valence-electron chi connectivity index (χ4n) is 1.27. The lowest BCUT2D eigenvalue weighted by molar-refractivity contribution is -0.128. The second kappa shape index (κ2) is 4.07. The van der Waals surface area contributed by atoms with Crippen LogP contribution < -0.4 is 0 Å². The van der Waals surface area contributed by atoms with Crippen molar-refractivity contribution in [2.45, 2.75) is 6.92 Å². The molecule has 1 heterocycles. The summed E-state index contributed by atoms with van der Waals surface area (Å²) in [5.41, 5.74) is 0.545. The minimum absolute atomic E-state index is 0.0226. The van der Waals surface area contributed by atoms with Gasteiger partial charge in [0, 0.05) is 31.8 Å². The van der Waals surface area contributed by atoms with Crippen molar-refractivity contribution in [3.63, 3.8) is 0 Å². The summed E-state index contributed by atoms with van der Waals surface area (Å²) in [6.07, 6.45) is 1.82. The number of rotatable bonds is 2. The maximum Gasteiger partial charge on any atom is 0.312 e. The molecule has 1 aliphatic rings. The largest absolute Gasteiger partial charge is 0.335 e. The van der Waals surface area contributed by atoms with E-state index in [1.807, 2.05) is 6.41 Å². The second-order valence-electron chi connectivity index (χ2n) is 3.15. The summed E-state index contributed by atoms with van der Waals surface area (Å²) in [4.78, 5) is 24.9. The normalized spacial score (nSPS) is 17.0. The van der Waals surface area contributed by atoms with Crippen LogP contribution in [0.25, 0.3) is 0 Å². The molecule has 4 heteroatoms. The summed E-state index contributed by atoms with van der Waals surface area (Å²) in [6.45, 7) is 7.59. The van der Waals surface area contributed by atoms with Gasteiger partial charge < -0.3 is 9.80 Å². The lowest BCUT2D eigenvalue weighted by atomic mass is 10.2. The molecule has 1 saturated heterocycles. The van der Waals surface area contributed by atoms with Crippen molar-refractivity contribution in [1.82, 2.24) is 9.80 Å². The number of piperazine rings is 1. The van der Waals surface area contributed by atoms with Crippen molar-refractivity contribution in [2.75, 3.05) is 26.2 Å². The molecule has 0 aromatic heterocycles. The van der Waals surface area contributed by atoms with Gasteiger partial charge in [-0.2, -0.15) is 0 Å². The highest BCUT2D eigenvalue weighted by atomic mass is 16.2. The number of hydrogen-bond acceptors (Lipinski definition) is 2. The van der Waals surface area contributed by atoms with Crippen LogP contribution in [0.4, 0.5) is 0 Å². The molecular formula is C9H13N2O2. The van der Waals surface area contributed by atoms with Gasteiger partial charge in [0.1, 0.15) is 0 Å². The monoisotopic (exact) mass is 181 g/mol. The molecule has 0 spiro atoms. The smallest absolute Gasteiger partial charge is 0.312 e. The van der Waals surface area contributed by atoms with Crippen LogP contribution >= 0.6 is 0 Å². The molecule has 13 heavy (non-hydrogen) atoms. The molecule has 71 valence electrons. The highest BCUT2D eigenvalue weighted by molar-refractivity contribution is 5.92. The first-order chi connectivity index (χ1) is 6.15. The van der Waals surface area contributed by atoms with Crippen molar-refractivity contribution in [1.29, 1.82) is 0 Å². The van der Waals surface area contributed by atoms with E-state index in [9.17, 15) is 9.59 Å². The number of amides is 2. The van der Waals surface area contributed by atoms with Gasteiger partial charge in [-0.1, -0.05) is 6.58 Å². The molecule has 0 aliphatic carbocycles. The zero-order valence-corrected chi connectivity index (χ0v) is 7.75. The van der Waals surface area contributed by atoms with Crippen LogP contribution in [-0.4, -0.2) is 48.3 Å². The molecule has 0 aromatic carbocycles. The third-order valence-electron chi connectivity index (χ3n) is 2.06. The molecule has 2 amide bonds. The van der Waals surface area contributed by atoms with E-state index in [2.05, 4.69) is 6.58 Å². The van der Waals surface area contributed by atoms with Gasteiger partial charge in [-0.05, 0) is 6.92 Å². The van der Waals surface area contributed by atoms with E-state index in [1.54, 1.807) is 16.7 Å². The highest BCUT2D eigenvalue weighted by Crippen LogP contribution is 2.03. The number of hydrogen-bond donors (Lipinski definition) is 0. The average molecular weight is 181 g/mol. The van der Waals surface area contributed by atoms with Gasteiger partial charge >= 0.3 is 6.41 Å². The lowest BCUT2D eigenvalue weighted by Crippen LogP contribution is -2.48. The first-order valence-electron chi connectivity index (χ1n) is 4.22. The Morgan fingerprint density at radius 1 is 1.31 bits per heavy atom. The second-order valence-corrected chi connectivity index (χ2v) is 3.15. The van der Waals surface area contributed by atoms with E-state index in [4.69, 9.17) is 0 Å². The summed E-state index contributed by atoms with van der Waals surface area (Å²) in [5, 5.41) is 0. The summed E-state index contributed by atoms with van der Waals surface area (Å²) in [6, 6.07) is 0. The number of carbonyl (C=O) groups excluding carboxylic acids is 2. The summed E-state index contributed by atoms with van der Waals surface area (Å²) >= 11 is 0. The van der Waals surface area contributed by atoms with Crippen molar-refractivity contribution < 1.29 is 9.59 Å². The predicted octanol–water partition coefficient (Wildman–Crippen LogP) is -0.226. The highest BCUT2D eigenvalue weighted by Gasteiger charge is 2.20. The Balaban J connectivity index is 2.45. The molecule has 1 rings (SSSR count). The molecule has 0 N–H and O–H groups in total. The molecule has 4 nitrogen and oxygen atoms in total. The molecule has 1 aliphatic heterocycles. The zero-order chi connectivity index (χ0) is 9.84. The van der Waals surface area contributed by atoms with E-state index in [1.165, 1.54) is 0 Å². The van der Waals surface area contributed by atoms with Gasteiger partial charge in [-0.15, -0.1) is 0 Å². The van der Waals surface area contributed by atoms with Crippen LogP contribution in [0.3, 0.4) is 0 Å². The first-order valence-corrected chi connectivity index (χ1v) is 4.22. The lowest BCUT2D eigenvalue weighted by Gasteiger charge is -2.32. The summed E-state index contributed by atoms with van der Waals surface area (Å²) in [5.74, 6) is -0.0226. The topological polar surface area (TPSA) is 40.6 Å². The fraction of sp³-hybridized carbons (Fsp3) is 0.556. The SMILES string of the molecule is C=C(C)C(=O)N1CCN([C]=O)CC1. The quantitative estimate of drug-likeness (QED) is 0.552. The van der Waals surface area contributed by atoms with Gasteiger partial charge in [0.15, 0.2) is 0 Å². The Labute approximate surface area is 77.8 Å². The minimum atomic E-state index is -0.0226. The van der Waals surface area contributed by atoms with Crippen LogP contribution in [-0.2, 0) is 9.59 Å². The maximum atomic E-state index is 11.4. The van der Waals surface area contributed by atoms with Crippen molar-refractivity contribution in [3.8, 4) is 0 Å². The minimum Gasteiger partial charge on any atom is -0.335 e. The van der Waals surface area contributed by atoms with Gasteiger partial charge in [0.05, 0.1) is 0 Å². The number of nitrogens with zero attached hydrogens (tertiary/aromatic N) is 2. The molecule has 0 atom stereocenters. The van der Waals surface area contributed by atoms with Crippen LogP contribution in [0, 0.1) is 0 Å². The van der Waals surface area contributed by atoms with Gasteiger partial charge in [0.2, 0.25) is 5.91 Å². The third kappa shape index (κ3) is 2.31. The van der Waals surface area contributed by atoms with Crippen LogP contribution in [0.1, 0.15) is 6.92 Å². The number of carbonyl (C=O) groups is 1. The fourth-order valence-corrected chi connectivity index (χ4v) is 1.27. The predicted molar refractivity (Wildman–Crippen MR) is 48.7 cm³/mol. The van der Waals surface area contributed by atoms with E-state index < -0.39 is 0 Å². The molecule has 1 fully saturated rings. The molecule has 1 radical (unpaired) electrons. The van der Waals surface area contributed by atoms with Crippen molar-refractivity contribution in [3.05, 3.63) is 12.2 Å². The van der Waals surface area contributed by atoms with Gasteiger partial charge in [-0.25, -0.2) is 0 Å². The van der Waals surface area contributed by atoms with Gasteiger partial charge in [-0.3, -0.25) is 9.59 Å². The Morgan fingerprint density at radius 2 is 1.85 bits per heavy atom. The Kier molecular flexibility index (Phi) is 3.06. The third-order valence-corrected chi connectivity index (χ3v) is 2.06. The Morgan fingerprint density at radius 3 is 2.23 bits per heavy atom. The molecule has 0 bridgehead atoms. The van der Waals surface area contributed by atoms with Crippen LogP contribution in [0.15, 0.2) is 12.2 Å². The van der Waals surface area contributed by atoms with E-state index >= 15 is 0 Å². The zero-order valence-electron chi connectivity index (χ0n) is 7.75. The average Bonchev–Trinajstić information content (AvgIpc) is 2.17. The Hall–Kier alpha value is -1.32. The molecular weight excluding hydrogens is 168 g/mol. The van der Waals surface area contributed by atoms with E-state index in [0.717, 1.165) is 0 Å². The molecule has 0 saturated carbocycles. The molecule has 0 unspecified atom stereocenters. The van der Waals surface area contributed by atoms with Crippen molar-refractivity contribution >= 4 is 12.3 Å². The first kappa shape index (κ1) is 9.77. The Bertz CT molecular complexity index is 230. The maximum absolute atomic E-state index is 11.4. The summed E-state index contributed by atoms with van der Waals surface area (Å²) in [7, 11) is 0. The summed E-state index contributed by atoms with van der Waals surface area (Å²) < 4.78 is 0. The van der Waals surface area contributed by atoms with Gasteiger partial charge in [0.25, 0.3) is 0 Å². The molecule has 0 aromatic rings. The van der Waals surface area contributed by atoms with Crippen LogP contribution in [0.2, 0.25) is 0 Å².